The normalized spacial score (nSPS) is 9.93. The summed E-state index contributed by atoms with van der Waals surface area (Å²) in [5.74, 6) is 2.19. The average Bonchev–Trinajstić information content (AvgIpc) is 2.67. The number of aromatic nitrogens is 3. The molecule has 9 heteroatoms. The smallest absolute Gasteiger partial charge is 0.203 e. The van der Waals surface area contributed by atoms with Crippen molar-refractivity contribution in [2.24, 2.45) is 0 Å². The van der Waals surface area contributed by atoms with Gasteiger partial charge in [-0.2, -0.15) is 0 Å². The zero-order valence-corrected chi connectivity index (χ0v) is 16.5. The van der Waals surface area contributed by atoms with E-state index < -0.39 is 0 Å². The molecule has 0 fully saturated rings. The van der Waals surface area contributed by atoms with Crippen molar-refractivity contribution >= 4 is 35.5 Å². The van der Waals surface area contributed by atoms with Crippen LogP contribution in [0.2, 0.25) is 5.15 Å². The van der Waals surface area contributed by atoms with Crippen LogP contribution >= 0.6 is 24.0 Å². The van der Waals surface area contributed by atoms with Crippen molar-refractivity contribution in [2.75, 3.05) is 26.6 Å². The van der Waals surface area contributed by atoms with Crippen molar-refractivity contribution in [3.8, 4) is 28.5 Å². The van der Waals surface area contributed by atoms with E-state index in [-0.39, 0.29) is 12.4 Å². The molecule has 0 aliphatic carbocycles. The van der Waals surface area contributed by atoms with Gasteiger partial charge in [0.25, 0.3) is 0 Å². The Morgan fingerprint density at radius 1 is 0.926 bits per heavy atom. The summed E-state index contributed by atoms with van der Waals surface area (Å²) in [4.78, 5) is 12.6. The monoisotopic (exact) mass is 408 g/mol. The Labute approximate surface area is 168 Å². The zero-order valence-electron chi connectivity index (χ0n) is 14.9. The van der Waals surface area contributed by atoms with Gasteiger partial charge in [-0.3, -0.25) is 0 Å². The van der Waals surface area contributed by atoms with Crippen LogP contribution < -0.4 is 19.5 Å². The number of nitrogens with one attached hydrogen (secondary N) is 1. The van der Waals surface area contributed by atoms with Crippen molar-refractivity contribution < 1.29 is 14.2 Å². The van der Waals surface area contributed by atoms with Crippen molar-refractivity contribution in [1.82, 2.24) is 15.0 Å². The maximum Gasteiger partial charge on any atom is 0.203 e. The zero-order chi connectivity index (χ0) is 18.5. The molecule has 0 aliphatic rings. The summed E-state index contributed by atoms with van der Waals surface area (Å²) < 4.78 is 16.1. The minimum absolute atomic E-state index is 0. The van der Waals surface area contributed by atoms with Gasteiger partial charge in [-0.15, -0.1) is 12.4 Å². The Morgan fingerprint density at radius 3 is 2.22 bits per heavy atom. The van der Waals surface area contributed by atoms with Gasteiger partial charge in [-0.05, 0) is 12.1 Å². The van der Waals surface area contributed by atoms with Crippen LogP contribution in [-0.4, -0.2) is 36.3 Å². The van der Waals surface area contributed by atoms with E-state index in [1.165, 1.54) is 6.33 Å². The summed E-state index contributed by atoms with van der Waals surface area (Å²) in [6, 6.07) is 9.02. The van der Waals surface area contributed by atoms with Gasteiger partial charge in [0.2, 0.25) is 5.75 Å². The second-order valence-electron chi connectivity index (χ2n) is 5.17. The fraction of sp³-hybridized carbons (Fsp3) is 0.167. The fourth-order valence-corrected chi connectivity index (χ4v) is 2.67. The van der Waals surface area contributed by atoms with Crippen molar-refractivity contribution in [3.05, 3.63) is 48.0 Å². The standard InChI is InChI=1S/C18H17ClN4O3.ClH/c1-24-14-7-11(8-15(25-2)17(14)26-3)23-16-9-13(21-10-22-16)12-5-4-6-20-18(12)19;/h4-10H,1-3H3,(H,21,22,23);1H. The summed E-state index contributed by atoms with van der Waals surface area (Å²) in [5, 5.41) is 3.58. The van der Waals surface area contributed by atoms with Gasteiger partial charge in [-0.25, -0.2) is 15.0 Å². The molecule has 0 aliphatic heterocycles. The number of hydrogen-bond donors (Lipinski definition) is 1. The second-order valence-corrected chi connectivity index (χ2v) is 5.53. The lowest BCUT2D eigenvalue weighted by Crippen LogP contribution is -1.99. The predicted molar refractivity (Wildman–Crippen MR) is 107 cm³/mol. The Morgan fingerprint density at radius 2 is 1.63 bits per heavy atom. The molecule has 2 heterocycles. The topological polar surface area (TPSA) is 78.4 Å². The number of nitrogens with zero attached hydrogens (tertiary/aromatic N) is 3. The highest BCUT2D eigenvalue weighted by Gasteiger charge is 2.14. The number of benzene rings is 1. The molecule has 0 bridgehead atoms. The molecular formula is C18H18Cl2N4O3. The summed E-state index contributed by atoms with van der Waals surface area (Å²) in [7, 11) is 4.68. The first-order chi connectivity index (χ1) is 12.7. The highest BCUT2D eigenvalue weighted by Crippen LogP contribution is 2.40. The first-order valence-corrected chi connectivity index (χ1v) is 8.04. The SMILES string of the molecule is COc1cc(Nc2cc(-c3cccnc3Cl)ncn2)cc(OC)c1OC.Cl. The maximum absolute atomic E-state index is 6.14. The molecule has 3 aromatic rings. The third-order valence-corrected chi connectivity index (χ3v) is 3.94. The van der Waals surface area contributed by atoms with E-state index in [0.717, 1.165) is 11.3 Å². The number of rotatable bonds is 6. The Kier molecular flexibility index (Phi) is 7.04. The van der Waals surface area contributed by atoms with E-state index in [1.54, 1.807) is 51.8 Å². The first kappa shape index (κ1) is 20.5. The Bertz CT molecular complexity index is 900. The van der Waals surface area contributed by atoms with Gasteiger partial charge in [0.1, 0.15) is 17.3 Å². The number of anilines is 2. The summed E-state index contributed by atoms with van der Waals surface area (Å²) >= 11 is 6.14. The molecule has 27 heavy (non-hydrogen) atoms. The molecule has 2 aromatic heterocycles. The fourth-order valence-electron chi connectivity index (χ4n) is 2.45. The molecule has 0 amide bonds. The van der Waals surface area contributed by atoms with Crippen LogP contribution in [0.5, 0.6) is 17.2 Å². The van der Waals surface area contributed by atoms with Gasteiger partial charge in [0.15, 0.2) is 11.5 Å². The molecule has 0 saturated carbocycles. The lowest BCUT2D eigenvalue weighted by molar-refractivity contribution is 0.324. The van der Waals surface area contributed by atoms with Crippen LogP contribution in [0.3, 0.4) is 0 Å². The van der Waals surface area contributed by atoms with E-state index in [0.29, 0.717) is 33.9 Å². The summed E-state index contributed by atoms with van der Waals surface area (Å²) in [5.41, 5.74) is 2.11. The van der Waals surface area contributed by atoms with Crippen LogP contribution in [0.4, 0.5) is 11.5 Å². The number of halogens is 2. The van der Waals surface area contributed by atoms with Crippen molar-refractivity contribution in [1.29, 1.82) is 0 Å². The van der Waals surface area contributed by atoms with Crippen LogP contribution in [0.1, 0.15) is 0 Å². The minimum Gasteiger partial charge on any atom is -0.493 e. The van der Waals surface area contributed by atoms with Gasteiger partial charge in [0.05, 0.1) is 27.0 Å². The van der Waals surface area contributed by atoms with E-state index in [4.69, 9.17) is 25.8 Å². The van der Waals surface area contributed by atoms with E-state index in [2.05, 4.69) is 20.3 Å². The molecule has 0 atom stereocenters. The predicted octanol–water partition coefficient (Wildman–Crippen LogP) is 4.38. The average molecular weight is 409 g/mol. The Hall–Kier alpha value is -2.77. The second kappa shape index (κ2) is 9.25. The molecule has 142 valence electrons. The van der Waals surface area contributed by atoms with E-state index >= 15 is 0 Å². The number of methoxy groups -OCH3 is 3. The summed E-state index contributed by atoms with van der Waals surface area (Å²) in [6.07, 6.45) is 3.08. The quantitative estimate of drug-likeness (QED) is 0.606. The molecule has 0 unspecified atom stereocenters. The first-order valence-electron chi connectivity index (χ1n) is 7.66. The summed E-state index contributed by atoms with van der Waals surface area (Å²) in [6.45, 7) is 0. The lowest BCUT2D eigenvalue weighted by Gasteiger charge is -2.15. The third kappa shape index (κ3) is 4.50. The van der Waals surface area contributed by atoms with Crippen molar-refractivity contribution in [3.63, 3.8) is 0 Å². The molecule has 0 radical (unpaired) electrons. The molecule has 0 spiro atoms. The molecular weight excluding hydrogens is 391 g/mol. The number of hydrogen-bond acceptors (Lipinski definition) is 7. The van der Waals surface area contributed by atoms with Gasteiger partial charge >= 0.3 is 0 Å². The van der Waals surface area contributed by atoms with Crippen molar-refractivity contribution in [2.45, 2.75) is 0 Å². The molecule has 1 N–H and O–H groups in total. The molecule has 1 aromatic carbocycles. The largest absolute Gasteiger partial charge is 0.493 e. The maximum atomic E-state index is 6.14. The van der Waals surface area contributed by atoms with Gasteiger partial charge in [0, 0.05) is 35.6 Å². The highest BCUT2D eigenvalue weighted by molar-refractivity contribution is 6.32. The lowest BCUT2D eigenvalue weighted by atomic mass is 10.2. The minimum atomic E-state index is 0. The van der Waals surface area contributed by atoms with Crippen LogP contribution in [0.15, 0.2) is 42.9 Å². The molecule has 0 saturated heterocycles. The van der Waals surface area contributed by atoms with Crippen LogP contribution in [-0.2, 0) is 0 Å². The van der Waals surface area contributed by atoms with E-state index in [9.17, 15) is 0 Å². The Balaban J connectivity index is 0.00000261. The molecule has 3 rings (SSSR count). The van der Waals surface area contributed by atoms with Gasteiger partial charge in [-0.1, -0.05) is 11.6 Å². The highest BCUT2D eigenvalue weighted by atomic mass is 35.5. The number of ether oxygens (including phenoxy) is 3. The molecule has 7 nitrogen and oxygen atoms in total. The van der Waals surface area contributed by atoms with Crippen LogP contribution in [0.25, 0.3) is 11.3 Å². The van der Waals surface area contributed by atoms with E-state index in [1.807, 2.05) is 6.07 Å². The van der Waals surface area contributed by atoms with Crippen LogP contribution in [0, 0.1) is 0 Å². The van der Waals surface area contributed by atoms with Gasteiger partial charge < -0.3 is 19.5 Å². The third-order valence-electron chi connectivity index (χ3n) is 3.64. The number of pyridine rings is 1.